The molecule has 0 spiro atoms. The number of carboxylic acid groups (broad SMARTS) is 1. The van der Waals surface area contributed by atoms with Crippen LogP contribution in [0.4, 0.5) is 0 Å². The van der Waals surface area contributed by atoms with Crippen LogP contribution in [0.25, 0.3) is 0 Å². The minimum Gasteiger partial charge on any atom is -0.476 e. The van der Waals surface area contributed by atoms with Crippen molar-refractivity contribution in [3.05, 3.63) is 33.0 Å². The second-order valence-corrected chi connectivity index (χ2v) is 5.96. The lowest BCUT2D eigenvalue weighted by Gasteiger charge is -2.26. The lowest BCUT2D eigenvalue weighted by molar-refractivity contribution is 0.0687. The highest BCUT2D eigenvalue weighted by atomic mass is 32.1. The number of carboxylic acids is 1. The lowest BCUT2D eigenvalue weighted by atomic mass is 10.0. The molecular formula is C13H16N4O2S. The van der Waals surface area contributed by atoms with Crippen LogP contribution in [0.5, 0.6) is 0 Å². The third-order valence-corrected chi connectivity index (χ3v) is 4.66. The minimum absolute atomic E-state index is 0.188. The van der Waals surface area contributed by atoms with Crippen molar-refractivity contribution in [3.8, 4) is 0 Å². The summed E-state index contributed by atoms with van der Waals surface area (Å²) in [5.41, 5.74) is 5.00. The topological polar surface area (TPSA) is 71.2 Å². The lowest BCUT2D eigenvalue weighted by Crippen LogP contribution is -2.31. The van der Waals surface area contributed by atoms with Gasteiger partial charge in [-0.05, 0) is 6.92 Å². The number of hydrogen-bond acceptors (Lipinski definition) is 5. The third kappa shape index (κ3) is 2.23. The summed E-state index contributed by atoms with van der Waals surface area (Å²) in [6, 6.07) is 0. The van der Waals surface area contributed by atoms with Gasteiger partial charge in [0.2, 0.25) is 0 Å². The molecule has 0 aliphatic carbocycles. The molecule has 1 aliphatic heterocycles. The zero-order valence-corrected chi connectivity index (χ0v) is 12.3. The number of aromatic nitrogens is 3. The van der Waals surface area contributed by atoms with Crippen LogP contribution in [-0.4, -0.2) is 37.3 Å². The highest BCUT2D eigenvalue weighted by Crippen LogP contribution is 2.25. The molecular weight excluding hydrogens is 276 g/mol. The van der Waals surface area contributed by atoms with Crippen molar-refractivity contribution in [2.24, 2.45) is 7.05 Å². The Labute approximate surface area is 120 Å². The van der Waals surface area contributed by atoms with E-state index >= 15 is 0 Å². The van der Waals surface area contributed by atoms with Crippen LogP contribution in [0.1, 0.15) is 32.3 Å². The van der Waals surface area contributed by atoms with Crippen molar-refractivity contribution >= 4 is 17.3 Å². The molecule has 2 aromatic rings. The van der Waals surface area contributed by atoms with Crippen LogP contribution in [-0.2, 0) is 26.6 Å². The van der Waals surface area contributed by atoms with Crippen LogP contribution in [0, 0.1) is 6.92 Å². The Morgan fingerprint density at radius 2 is 2.35 bits per heavy atom. The van der Waals surface area contributed by atoms with Gasteiger partial charge in [-0.2, -0.15) is 5.10 Å². The maximum atomic E-state index is 11.3. The Morgan fingerprint density at radius 3 is 3.00 bits per heavy atom. The molecule has 0 unspecified atom stereocenters. The van der Waals surface area contributed by atoms with Gasteiger partial charge in [0.1, 0.15) is 0 Å². The quantitative estimate of drug-likeness (QED) is 0.927. The summed E-state index contributed by atoms with van der Waals surface area (Å²) >= 11 is 1.65. The molecule has 1 aliphatic rings. The van der Waals surface area contributed by atoms with Crippen molar-refractivity contribution < 1.29 is 9.90 Å². The van der Waals surface area contributed by atoms with Crippen LogP contribution in [0.15, 0.2) is 5.51 Å². The Bertz CT molecular complexity index is 661. The van der Waals surface area contributed by atoms with Crippen molar-refractivity contribution in [2.45, 2.75) is 26.4 Å². The fraction of sp³-hybridized carbons (Fsp3) is 0.462. The number of hydrogen-bond donors (Lipinski definition) is 1. The third-order valence-electron chi connectivity index (χ3n) is 3.74. The van der Waals surface area contributed by atoms with Crippen molar-refractivity contribution in [3.63, 3.8) is 0 Å². The highest BCUT2D eigenvalue weighted by molar-refractivity contribution is 7.09. The van der Waals surface area contributed by atoms with E-state index in [1.54, 1.807) is 16.0 Å². The second kappa shape index (κ2) is 4.99. The summed E-state index contributed by atoms with van der Waals surface area (Å²) in [5, 5.41) is 13.4. The van der Waals surface area contributed by atoms with Gasteiger partial charge in [-0.3, -0.25) is 9.58 Å². The first-order valence-electron chi connectivity index (χ1n) is 6.45. The molecule has 1 N–H and O–H groups in total. The summed E-state index contributed by atoms with van der Waals surface area (Å²) in [5.74, 6) is -0.947. The van der Waals surface area contributed by atoms with Crippen LogP contribution in [0.2, 0.25) is 0 Å². The van der Waals surface area contributed by atoms with Crippen LogP contribution >= 0.6 is 11.3 Å². The van der Waals surface area contributed by atoms with Crippen molar-refractivity contribution in [2.75, 3.05) is 6.54 Å². The molecule has 0 fully saturated rings. The number of rotatable bonds is 3. The molecule has 0 saturated carbocycles. The number of aryl methyl sites for hydroxylation is 2. The number of thiazole rings is 1. The molecule has 6 nitrogen and oxygen atoms in total. The van der Waals surface area contributed by atoms with Gasteiger partial charge in [0, 0.05) is 49.2 Å². The first-order chi connectivity index (χ1) is 9.56. The summed E-state index contributed by atoms with van der Waals surface area (Å²) in [6.07, 6.45) is 0.837. The van der Waals surface area contributed by atoms with Gasteiger partial charge in [0.05, 0.1) is 11.2 Å². The fourth-order valence-corrected chi connectivity index (χ4v) is 3.45. The Hall–Kier alpha value is -1.73. The average Bonchev–Trinajstić information content (AvgIpc) is 2.95. The van der Waals surface area contributed by atoms with Gasteiger partial charge < -0.3 is 5.11 Å². The number of carbonyl (C=O) groups is 1. The van der Waals surface area contributed by atoms with E-state index < -0.39 is 5.97 Å². The molecule has 7 heteroatoms. The van der Waals surface area contributed by atoms with E-state index in [4.69, 9.17) is 0 Å². The predicted molar refractivity (Wildman–Crippen MR) is 74.8 cm³/mol. The van der Waals surface area contributed by atoms with Gasteiger partial charge in [0.25, 0.3) is 0 Å². The van der Waals surface area contributed by atoms with Crippen LogP contribution < -0.4 is 0 Å². The van der Waals surface area contributed by atoms with E-state index in [1.807, 2.05) is 19.5 Å². The maximum absolute atomic E-state index is 11.3. The number of fused-ring (bicyclic) bond motifs is 1. The highest BCUT2D eigenvalue weighted by Gasteiger charge is 2.27. The van der Waals surface area contributed by atoms with Crippen molar-refractivity contribution in [1.29, 1.82) is 0 Å². The Balaban J connectivity index is 1.84. The zero-order chi connectivity index (χ0) is 14.3. The standard InChI is InChI=1S/C13H16N4O2S/c1-8-11(20-7-14-8)6-17-4-3-10-9(5-17)12(13(18)19)15-16(10)2/h7H,3-6H2,1-2H3,(H,18,19). The Morgan fingerprint density at radius 1 is 1.55 bits per heavy atom. The molecule has 0 bridgehead atoms. The molecule has 106 valence electrons. The predicted octanol–water partition coefficient (Wildman–Crippen LogP) is 1.44. The van der Waals surface area contributed by atoms with E-state index in [1.165, 1.54) is 4.88 Å². The largest absolute Gasteiger partial charge is 0.476 e. The van der Waals surface area contributed by atoms with E-state index in [0.717, 1.165) is 36.5 Å². The first kappa shape index (κ1) is 13.3. The van der Waals surface area contributed by atoms with Gasteiger partial charge in [-0.25, -0.2) is 9.78 Å². The molecule has 3 rings (SSSR count). The minimum atomic E-state index is -0.947. The first-order valence-corrected chi connectivity index (χ1v) is 7.33. The van der Waals surface area contributed by atoms with Gasteiger partial charge in [-0.1, -0.05) is 0 Å². The van der Waals surface area contributed by atoms with E-state index in [9.17, 15) is 9.90 Å². The van der Waals surface area contributed by atoms with Gasteiger partial charge in [0.15, 0.2) is 5.69 Å². The number of nitrogens with zero attached hydrogens (tertiary/aromatic N) is 4. The van der Waals surface area contributed by atoms with Gasteiger partial charge >= 0.3 is 5.97 Å². The van der Waals surface area contributed by atoms with Crippen LogP contribution in [0.3, 0.4) is 0 Å². The zero-order valence-electron chi connectivity index (χ0n) is 11.5. The monoisotopic (exact) mass is 292 g/mol. The molecule has 20 heavy (non-hydrogen) atoms. The molecule has 0 aromatic carbocycles. The molecule has 0 amide bonds. The van der Waals surface area contributed by atoms with E-state index in [0.29, 0.717) is 6.54 Å². The number of aromatic carboxylic acids is 1. The van der Waals surface area contributed by atoms with Crippen molar-refractivity contribution in [1.82, 2.24) is 19.7 Å². The Kier molecular flexibility index (Phi) is 3.31. The van der Waals surface area contributed by atoms with E-state index in [2.05, 4.69) is 15.0 Å². The molecule has 0 saturated heterocycles. The van der Waals surface area contributed by atoms with Gasteiger partial charge in [-0.15, -0.1) is 11.3 Å². The summed E-state index contributed by atoms with van der Waals surface area (Å²) in [4.78, 5) is 19.0. The summed E-state index contributed by atoms with van der Waals surface area (Å²) in [7, 11) is 1.81. The molecule has 0 radical (unpaired) electrons. The smallest absolute Gasteiger partial charge is 0.356 e. The second-order valence-electron chi connectivity index (χ2n) is 5.02. The molecule has 3 heterocycles. The normalized spacial score (nSPS) is 15.3. The molecule has 2 aromatic heterocycles. The molecule has 0 atom stereocenters. The maximum Gasteiger partial charge on any atom is 0.356 e. The summed E-state index contributed by atoms with van der Waals surface area (Å²) < 4.78 is 1.70. The average molecular weight is 292 g/mol. The fourth-order valence-electron chi connectivity index (χ4n) is 2.64. The van der Waals surface area contributed by atoms with E-state index in [-0.39, 0.29) is 5.69 Å². The summed E-state index contributed by atoms with van der Waals surface area (Å²) in [6.45, 7) is 4.39. The SMILES string of the molecule is Cc1ncsc1CN1CCc2c(c(C(=O)O)nn2C)C1.